The predicted molar refractivity (Wildman–Crippen MR) is 47.1 cm³/mol. The molecular formula is C9H7FN2O2. The lowest BCUT2D eigenvalue weighted by Crippen LogP contribution is -1.99. The van der Waals surface area contributed by atoms with E-state index in [9.17, 15) is 14.5 Å². The van der Waals surface area contributed by atoms with Crippen LogP contribution in [0.15, 0.2) is 12.1 Å². The molecule has 0 amide bonds. The van der Waals surface area contributed by atoms with Gasteiger partial charge in [-0.25, -0.2) is 0 Å². The van der Waals surface area contributed by atoms with Crippen molar-refractivity contribution in [2.45, 2.75) is 13.3 Å². The van der Waals surface area contributed by atoms with E-state index >= 15 is 0 Å². The summed E-state index contributed by atoms with van der Waals surface area (Å²) in [5.74, 6) is -0.866. The van der Waals surface area contributed by atoms with E-state index in [-0.39, 0.29) is 12.0 Å². The van der Waals surface area contributed by atoms with Crippen molar-refractivity contribution in [2.75, 3.05) is 0 Å². The third-order valence-electron chi connectivity index (χ3n) is 1.95. The predicted octanol–water partition coefficient (Wildman–Crippen LogP) is 2.11. The molecule has 0 N–H and O–H groups in total. The summed E-state index contributed by atoms with van der Waals surface area (Å²) in [6.45, 7) is 1.44. The Morgan fingerprint density at radius 3 is 2.79 bits per heavy atom. The van der Waals surface area contributed by atoms with Gasteiger partial charge in [-0.1, -0.05) is 6.07 Å². The number of nitriles is 1. The lowest BCUT2D eigenvalue weighted by molar-refractivity contribution is -0.388. The Hall–Kier alpha value is -1.96. The maximum atomic E-state index is 13.0. The van der Waals surface area contributed by atoms with Gasteiger partial charge in [-0.3, -0.25) is 10.1 Å². The summed E-state index contributed by atoms with van der Waals surface area (Å²) in [4.78, 5) is 9.71. The first-order valence-electron chi connectivity index (χ1n) is 3.87. The number of benzene rings is 1. The second kappa shape index (κ2) is 3.83. The average molecular weight is 194 g/mol. The van der Waals surface area contributed by atoms with Gasteiger partial charge in [0.15, 0.2) is 0 Å². The lowest BCUT2D eigenvalue weighted by Gasteiger charge is -2.02. The number of rotatable bonds is 2. The smallest absolute Gasteiger partial charge is 0.258 e. The SMILES string of the molecule is Cc1c(CC#N)ccc(F)c1[N+](=O)[O-]. The van der Waals surface area contributed by atoms with Crippen LogP contribution in [0.5, 0.6) is 0 Å². The lowest BCUT2D eigenvalue weighted by atomic mass is 10.0. The maximum absolute atomic E-state index is 13.0. The van der Waals surface area contributed by atoms with E-state index in [0.29, 0.717) is 5.56 Å². The summed E-state index contributed by atoms with van der Waals surface area (Å²) < 4.78 is 13.0. The molecule has 0 atom stereocenters. The molecular weight excluding hydrogens is 187 g/mol. The van der Waals surface area contributed by atoms with E-state index in [2.05, 4.69) is 0 Å². The van der Waals surface area contributed by atoms with E-state index in [1.807, 2.05) is 6.07 Å². The number of hydrogen-bond donors (Lipinski definition) is 0. The minimum absolute atomic E-state index is 0.0486. The third kappa shape index (κ3) is 1.69. The fourth-order valence-corrected chi connectivity index (χ4v) is 1.21. The summed E-state index contributed by atoms with van der Waals surface area (Å²) in [5, 5.41) is 18.9. The van der Waals surface area contributed by atoms with Crippen LogP contribution in [0, 0.1) is 34.2 Å². The highest BCUT2D eigenvalue weighted by molar-refractivity contribution is 5.46. The Morgan fingerprint density at radius 2 is 2.29 bits per heavy atom. The average Bonchev–Trinajstić information content (AvgIpc) is 2.10. The topological polar surface area (TPSA) is 66.9 Å². The van der Waals surface area contributed by atoms with Crippen molar-refractivity contribution < 1.29 is 9.31 Å². The molecule has 1 aromatic carbocycles. The highest BCUT2D eigenvalue weighted by Gasteiger charge is 2.19. The van der Waals surface area contributed by atoms with Crippen LogP contribution in [0.2, 0.25) is 0 Å². The molecule has 4 nitrogen and oxygen atoms in total. The molecule has 0 aliphatic heterocycles. The van der Waals surface area contributed by atoms with Crippen LogP contribution in [-0.4, -0.2) is 4.92 Å². The number of nitro benzene ring substituents is 1. The van der Waals surface area contributed by atoms with Gasteiger partial charge in [0.25, 0.3) is 0 Å². The molecule has 5 heteroatoms. The molecule has 1 aromatic rings. The van der Waals surface area contributed by atoms with Crippen LogP contribution in [0.3, 0.4) is 0 Å². The van der Waals surface area contributed by atoms with Gasteiger partial charge in [0.1, 0.15) is 0 Å². The first-order valence-corrected chi connectivity index (χ1v) is 3.87. The molecule has 1 rings (SSSR count). The van der Waals surface area contributed by atoms with Gasteiger partial charge in [0, 0.05) is 5.56 Å². The maximum Gasteiger partial charge on any atom is 0.307 e. The van der Waals surface area contributed by atoms with E-state index in [1.165, 1.54) is 13.0 Å². The second-order valence-corrected chi connectivity index (χ2v) is 2.77. The second-order valence-electron chi connectivity index (χ2n) is 2.77. The van der Waals surface area contributed by atoms with Gasteiger partial charge >= 0.3 is 5.69 Å². The van der Waals surface area contributed by atoms with Crippen molar-refractivity contribution in [1.82, 2.24) is 0 Å². The zero-order valence-electron chi connectivity index (χ0n) is 7.45. The van der Waals surface area contributed by atoms with Crippen LogP contribution >= 0.6 is 0 Å². The Morgan fingerprint density at radius 1 is 1.64 bits per heavy atom. The summed E-state index contributed by atoms with van der Waals surface area (Å²) in [7, 11) is 0. The van der Waals surface area contributed by atoms with Crippen molar-refractivity contribution in [2.24, 2.45) is 0 Å². The van der Waals surface area contributed by atoms with Gasteiger partial charge < -0.3 is 0 Å². The number of halogens is 1. The molecule has 0 aromatic heterocycles. The minimum Gasteiger partial charge on any atom is -0.258 e. The number of nitrogens with zero attached hydrogens (tertiary/aromatic N) is 2. The molecule has 0 saturated heterocycles. The Labute approximate surface area is 79.7 Å². The Kier molecular flexibility index (Phi) is 2.77. The third-order valence-corrected chi connectivity index (χ3v) is 1.95. The molecule has 0 aliphatic rings. The first kappa shape index (κ1) is 10.1. The molecule has 0 heterocycles. The molecule has 14 heavy (non-hydrogen) atoms. The Bertz CT molecular complexity index is 424. The van der Waals surface area contributed by atoms with Crippen LogP contribution in [-0.2, 0) is 6.42 Å². The van der Waals surface area contributed by atoms with Crippen molar-refractivity contribution in [3.05, 3.63) is 39.2 Å². The quantitative estimate of drug-likeness (QED) is 0.534. The van der Waals surface area contributed by atoms with Crippen LogP contribution in [0.4, 0.5) is 10.1 Å². The van der Waals surface area contributed by atoms with Crippen molar-refractivity contribution in [3.8, 4) is 6.07 Å². The van der Waals surface area contributed by atoms with E-state index in [1.54, 1.807) is 0 Å². The van der Waals surface area contributed by atoms with Gasteiger partial charge in [-0.05, 0) is 18.6 Å². The molecule has 0 unspecified atom stereocenters. The summed E-state index contributed by atoms with van der Waals surface area (Å²) in [5.41, 5.74) is 0.162. The Balaban J connectivity index is 3.35. The van der Waals surface area contributed by atoms with Crippen LogP contribution in [0.25, 0.3) is 0 Å². The van der Waals surface area contributed by atoms with E-state index in [0.717, 1.165) is 6.07 Å². The number of hydrogen-bond acceptors (Lipinski definition) is 3. The first-order chi connectivity index (χ1) is 6.57. The van der Waals surface area contributed by atoms with Crippen molar-refractivity contribution >= 4 is 5.69 Å². The molecule has 0 aliphatic carbocycles. The molecule has 0 spiro atoms. The van der Waals surface area contributed by atoms with Gasteiger partial charge in [0.05, 0.1) is 17.4 Å². The van der Waals surface area contributed by atoms with E-state index in [4.69, 9.17) is 5.26 Å². The summed E-state index contributed by atoms with van der Waals surface area (Å²) >= 11 is 0. The zero-order valence-corrected chi connectivity index (χ0v) is 7.45. The van der Waals surface area contributed by atoms with E-state index < -0.39 is 16.4 Å². The molecule has 0 radical (unpaired) electrons. The summed E-state index contributed by atoms with van der Waals surface area (Å²) in [6.07, 6.45) is 0.0486. The molecule has 0 fully saturated rings. The zero-order chi connectivity index (χ0) is 10.7. The largest absolute Gasteiger partial charge is 0.307 e. The number of nitro groups is 1. The highest BCUT2D eigenvalue weighted by Crippen LogP contribution is 2.25. The molecule has 72 valence electrons. The van der Waals surface area contributed by atoms with Gasteiger partial charge in [-0.2, -0.15) is 9.65 Å². The minimum atomic E-state index is -0.866. The monoisotopic (exact) mass is 194 g/mol. The van der Waals surface area contributed by atoms with Gasteiger partial charge in [-0.15, -0.1) is 0 Å². The van der Waals surface area contributed by atoms with Gasteiger partial charge in [0.2, 0.25) is 5.82 Å². The normalized spacial score (nSPS) is 9.50. The fraction of sp³-hybridized carbons (Fsp3) is 0.222. The van der Waals surface area contributed by atoms with Crippen LogP contribution < -0.4 is 0 Å². The standard InChI is InChI=1S/C9H7FN2O2/c1-6-7(4-5-11)2-3-8(10)9(6)12(13)14/h2-3H,4H2,1H3. The molecule has 0 bridgehead atoms. The van der Waals surface area contributed by atoms with Crippen molar-refractivity contribution in [3.63, 3.8) is 0 Å². The summed E-state index contributed by atoms with van der Waals surface area (Å²) in [6, 6.07) is 4.27. The van der Waals surface area contributed by atoms with Crippen molar-refractivity contribution in [1.29, 1.82) is 5.26 Å². The fourth-order valence-electron chi connectivity index (χ4n) is 1.21. The molecule has 0 saturated carbocycles. The van der Waals surface area contributed by atoms with Crippen LogP contribution in [0.1, 0.15) is 11.1 Å². The highest BCUT2D eigenvalue weighted by atomic mass is 19.1.